The standard InChI is InChI=1S/C12H23N3O/c1-11(2,3)15-10(16)4-7-14-12(15)5-8-13-9-6-12/h13-14H,4-9H2,1-3H3. The minimum Gasteiger partial charge on any atom is -0.319 e. The van der Waals surface area contributed by atoms with Gasteiger partial charge in [0, 0.05) is 18.5 Å². The van der Waals surface area contributed by atoms with Crippen LogP contribution in [0, 0.1) is 0 Å². The van der Waals surface area contributed by atoms with Crippen LogP contribution in [0.15, 0.2) is 0 Å². The van der Waals surface area contributed by atoms with Crippen LogP contribution < -0.4 is 10.6 Å². The molecule has 2 aliphatic rings. The van der Waals surface area contributed by atoms with Gasteiger partial charge in [0.2, 0.25) is 5.91 Å². The minimum absolute atomic E-state index is 0.0954. The molecule has 0 bridgehead atoms. The maximum Gasteiger partial charge on any atom is 0.225 e. The summed E-state index contributed by atoms with van der Waals surface area (Å²) in [5, 5.41) is 6.95. The first kappa shape index (κ1) is 11.9. The van der Waals surface area contributed by atoms with E-state index in [0.717, 1.165) is 32.5 Å². The number of hydrogen-bond donors (Lipinski definition) is 2. The van der Waals surface area contributed by atoms with Crippen molar-refractivity contribution in [1.82, 2.24) is 15.5 Å². The number of nitrogens with one attached hydrogen (secondary N) is 2. The monoisotopic (exact) mass is 225 g/mol. The fourth-order valence-electron chi connectivity index (χ4n) is 3.09. The van der Waals surface area contributed by atoms with E-state index in [0.29, 0.717) is 12.3 Å². The van der Waals surface area contributed by atoms with Gasteiger partial charge in [-0.2, -0.15) is 0 Å². The van der Waals surface area contributed by atoms with E-state index in [1.165, 1.54) is 0 Å². The lowest BCUT2D eigenvalue weighted by Crippen LogP contribution is -2.72. The molecule has 0 aromatic rings. The van der Waals surface area contributed by atoms with Gasteiger partial charge in [0.15, 0.2) is 0 Å². The van der Waals surface area contributed by atoms with Crippen molar-refractivity contribution in [3.8, 4) is 0 Å². The number of hydrogen-bond acceptors (Lipinski definition) is 3. The van der Waals surface area contributed by atoms with Gasteiger partial charge in [0.1, 0.15) is 0 Å². The van der Waals surface area contributed by atoms with E-state index < -0.39 is 0 Å². The highest BCUT2D eigenvalue weighted by Crippen LogP contribution is 2.33. The summed E-state index contributed by atoms with van der Waals surface area (Å²) in [4.78, 5) is 14.3. The molecule has 2 saturated heterocycles. The summed E-state index contributed by atoms with van der Waals surface area (Å²) in [6, 6.07) is 0. The number of amides is 1. The summed E-state index contributed by atoms with van der Waals surface area (Å²) in [5.41, 5.74) is -0.194. The highest BCUT2D eigenvalue weighted by atomic mass is 16.2. The average molecular weight is 225 g/mol. The van der Waals surface area contributed by atoms with Crippen LogP contribution in [-0.4, -0.2) is 41.6 Å². The molecule has 0 aromatic heterocycles. The molecule has 0 aromatic carbocycles. The van der Waals surface area contributed by atoms with Crippen LogP contribution >= 0.6 is 0 Å². The van der Waals surface area contributed by atoms with Crippen LogP contribution in [0.4, 0.5) is 0 Å². The topological polar surface area (TPSA) is 44.4 Å². The number of rotatable bonds is 0. The summed E-state index contributed by atoms with van der Waals surface area (Å²) in [7, 11) is 0. The van der Waals surface area contributed by atoms with Crippen molar-refractivity contribution in [3.05, 3.63) is 0 Å². The van der Waals surface area contributed by atoms with Crippen molar-refractivity contribution in [2.75, 3.05) is 19.6 Å². The molecule has 1 amide bonds. The molecule has 0 saturated carbocycles. The average Bonchev–Trinajstić information content (AvgIpc) is 2.16. The third-order valence-corrected chi connectivity index (χ3v) is 3.57. The molecule has 2 N–H and O–H groups in total. The number of piperidine rings is 1. The molecule has 4 nitrogen and oxygen atoms in total. The number of carbonyl (C=O) groups is 1. The van der Waals surface area contributed by atoms with Crippen LogP contribution in [0.3, 0.4) is 0 Å². The highest BCUT2D eigenvalue weighted by Gasteiger charge is 2.47. The predicted molar refractivity (Wildman–Crippen MR) is 64.1 cm³/mol. The van der Waals surface area contributed by atoms with Gasteiger partial charge in [-0.3, -0.25) is 10.1 Å². The van der Waals surface area contributed by atoms with Gasteiger partial charge in [-0.1, -0.05) is 0 Å². The highest BCUT2D eigenvalue weighted by molar-refractivity contribution is 5.79. The molecule has 2 fully saturated rings. The lowest BCUT2D eigenvalue weighted by Gasteiger charge is -2.55. The summed E-state index contributed by atoms with van der Waals surface area (Å²) in [6.45, 7) is 9.19. The molecule has 0 unspecified atom stereocenters. The quantitative estimate of drug-likeness (QED) is 0.637. The van der Waals surface area contributed by atoms with Crippen molar-refractivity contribution >= 4 is 5.91 Å². The number of carbonyl (C=O) groups excluding carboxylic acids is 1. The van der Waals surface area contributed by atoms with Gasteiger partial charge in [0.25, 0.3) is 0 Å². The Kier molecular flexibility index (Phi) is 2.97. The lowest BCUT2D eigenvalue weighted by atomic mass is 9.88. The molecule has 2 heterocycles. The predicted octanol–water partition coefficient (Wildman–Crippen LogP) is 0.686. The summed E-state index contributed by atoms with van der Waals surface area (Å²) in [6.07, 6.45) is 2.65. The Morgan fingerprint density at radius 3 is 2.38 bits per heavy atom. The Labute approximate surface area is 97.8 Å². The van der Waals surface area contributed by atoms with Gasteiger partial charge in [0.05, 0.1) is 5.66 Å². The number of nitrogens with zero attached hydrogens (tertiary/aromatic N) is 1. The van der Waals surface area contributed by atoms with Gasteiger partial charge in [-0.25, -0.2) is 0 Å². The fourth-order valence-corrected chi connectivity index (χ4v) is 3.09. The largest absolute Gasteiger partial charge is 0.319 e. The molecule has 4 heteroatoms. The second-order valence-electron chi connectivity index (χ2n) is 5.86. The zero-order valence-corrected chi connectivity index (χ0v) is 10.6. The molecule has 1 spiro atoms. The smallest absolute Gasteiger partial charge is 0.225 e. The zero-order chi connectivity index (χ0) is 11.8. The Bertz CT molecular complexity index is 271. The first-order valence-electron chi connectivity index (χ1n) is 6.25. The van der Waals surface area contributed by atoms with Crippen LogP contribution in [0.5, 0.6) is 0 Å². The minimum atomic E-state index is -0.0984. The Morgan fingerprint density at radius 2 is 1.81 bits per heavy atom. The van der Waals surface area contributed by atoms with E-state index in [-0.39, 0.29) is 11.2 Å². The molecular formula is C12H23N3O. The van der Waals surface area contributed by atoms with Crippen molar-refractivity contribution in [3.63, 3.8) is 0 Å². The Hall–Kier alpha value is -0.610. The maximum atomic E-state index is 12.2. The summed E-state index contributed by atoms with van der Waals surface area (Å²) < 4.78 is 0. The lowest BCUT2D eigenvalue weighted by molar-refractivity contribution is -0.155. The van der Waals surface area contributed by atoms with Crippen LogP contribution in [0.25, 0.3) is 0 Å². The van der Waals surface area contributed by atoms with E-state index in [1.54, 1.807) is 0 Å². The Morgan fingerprint density at radius 1 is 1.19 bits per heavy atom. The zero-order valence-electron chi connectivity index (χ0n) is 10.6. The summed E-state index contributed by atoms with van der Waals surface area (Å²) in [5.74, 6) is 0.299. The Balaban J connectivity index is 2.29. The van der Waals surface area contributed by atoms with Crippen molar-refractivity contribution < 1.29 is 4.79 Å². The maximum absolute atomic E-state index is 12.2. The van der Waals surface area contributed by atoms with Crippen LogP contribution in [-0.2, 0) is 4.79 Å². The normalized spacial score (nSPS) is 26.2. The van der Waals surface area contributed by atoms with E-state index >= 15 is 0 Å². The molecule has 0 radical (unpaired) electrons. The van der Waals surface area contributed by atoms with Gasteiger partial charge >= 0.3 is 0 Å². The fraction of sp³-hybridized carbons (Fsp3) is 0.917. The first-order chi connectivity index (χ1) is 7.46. The second kappa shape index (κ2) is 4.00. The van der Waals surface area contributed by atoms with Gasteiger partial charge in [-0.15, -0.1) is 0 Å². The van der Waals surface area contributed by atoms with Crippen LogP contribution in [0.1, 0.15) is 40.0 Å². The molecule has 92 valence electrons. The molecular weight excluding hydrogens is 202 g/mol. The van der Waals surface area contributed by atoms with Crippen molar-refractivity contribution in [2.45, 2.75) is 51.2 Å². The summed E-state index contributed by atoms with van der Waals surface area (Å²) >= 11 is 0. The second-order valence-corrected chi connectivity index (χ2v) is 5.86. The molecule has 2 aliphatic heterocycles. The van der Waals surface area contributed by atoms with E-state index in [1.807, 2.05) is 0 Å². The van der Waals surface area contributed by atoms with Crippen LogP contribution in [0.2, 0.25) is 0 Å². The third kappa shape index (κ3) is 1.96. The molecule has 16 heavy (non-hydrogen) atoms. The van der Waals surface area contributed by atoms with E-state index in [9.17, 15) is 4.79 Å². The van der Waals surface area contributed by atoms with Gasteiger partial charge < -0.3 is 10.2 Å². The van der Waals surface area contributed by atoms with Crippen molar-refractivity contribution in [2.24, 2.45) is 0 Å². The SMILES string of the molecule is CC(C)(C)N1C(=O)CCNC12CCNCC2. The van der Waals surface area contributed by atoms with Crippen molar-refractivity contribution in [1.29, 1.82) is 0 Å². The molecule has 0 atom stereocenters. The van der Waals surface area contributed by atoms with Gasteiger partial charge in [-0.05, 0) is 46.7 Å². The van der Waals surface area contributed by atoms with E-state index in [4.69, 9.17) is 0 Å². The molecule has 0 aliphatic carbocycles. The van der Waals surface area contributed by atoms with E-state index in [2.05, 4.69) is 36.3 Å². The first-order valence-corrected chi connectivity index (χ1v) is 6.25. The molecule has 2 rings (SSSR count). The third-order valence-electron chi connectivity index (χ3n) is 3.57.